The monoisotopic (exact) mass is 469 g/mol. The molecule has 0 bridgehead atoms. The van der Waals surface area contributed by atoms with Gasteiger partial charge in [-0.05, 0) is 48.0 Å². The highest BCUT2D eigenvalue weighted by Crippen LogP contribution is 2.19. The maximum Gasteiger partial charge on any atom is 0.255 e. The van der Waals surface area contributed by atoms with Crippen LogP contribution in [0.5, 0.6) is 0 Å². The summed E-state index contributed by atoms with van der Waals surface area (Å²) in [6.45, 7) is 2.78. The number of piperazine rings is 1. The van der Waals surface area contributed by atoms with Gasteiger partial charge in [0.2, 0.25) is 10.0 Å². The number of benzene rings is 3. The van der Waals surface area contributed by atoms with E-state index in [0.29, 0.717) is 53.9 Å². The number of carbonyl (C=O) groups is 1. The molecular formula is C24H24ClN3O3S. The number of sulfonamides is 1. The van der Waals surface area contributed by atoms with E-state index in [2.05, 4.69) is 10.2 Å². The predicted octanol–water partition coefficient (Wildman–Crippen LogP) is 4.10. The Morgan fingerprint density at radius 2 is 1.59 bits per heavy atom. The number of carbonyl (C=O) groups excluding carboxylic acids is 1. The number of halogens is 1. The molecule has 1 aliphatic rings. The Morgan fingerprint density at radius 3 is 2.31 bits per heavy atom. The Labute approximate surface area is 193 Å². The molecule has 3 aromatic carbocycles. The summed E-state index contributed by atoms with van der Waals surface area (Å²) in [6, 6.07) is 23.0. The van der Waals surface area contributed by atoms with E-state index >= 15 is 0 Å². The lowest BCUT2D eigenvalue weighted by Gasteiger charge is -2.34. The van der Waals surface area contributed by atoms with Crippen LogP contribution in [0.1, 0.15) is 15.9 Å². The van der Waals surface area contributed by atoms with Crippen molar-refractivity contribution in [2.75, 3.05) is 31.5 Å². The molecule has 0 aliphatic carbocycles. The maximum absolute atomic E-state index is 12.8. The number of nitrogens with one attached hydrogen (secondary N) is 1. The van der Waals surface area contributed by atoms with Gasteiger partial charge in [0.15, 0.2) is 0 Å². The first-order chi connectivity index (χ1) is 15.4. The van der Waals surface area contributed by atoms with Crippen LogP contribution in [0.25, 0.3) is 0 Å². The SMILES string of the molecule is O=C(Nc1cccc(Cl)c1)c1cccc(CN2CCN(S(=O)(=O)c3ccccc3)CC2)c1. The molecule has 32 heavy (non-hydrogen) atoms. The summed E-state index contributed by atoms with van der Waals surface area (Å²) in [5, 5.41) is 3.42. The first-order valence-electron chi connectivity index (χ1n) is 10.4. The van der Waals surface area contributed by atoms with Gasteiger partial charge in [-0.2, -0.15) is 4.31 Å². The van der Waals surface area contributed by atoms with Crippen LogP contribution in [0.15, 0.2) is 83.8 Å². The van der Waals surface area contributed by atoms with Crippen LogP contribution in [-0.2, 0) is 16.6 Å². The van der Waals surface area contributed by atoms with E-state index in [4.69, 9.17) is 11.6 Å². The molecule has 0 unspecified atom stereocenters. The molecular weight excluding hydrogens is 446 g/mol. The summed E-state index contributed by atoms with van der Waals surface area (Å²) < 4.78 is 27.1. The fraction of sp³-hybridized carbons (Fsp3) is 0.208. The van der Waals surface area contributed by atoms with Crippen molar-refractivity contribution in [3.8, 4) is 0 Å². The molecule has 0 atom stereocenters. The summed E-state index contributed by atoms with van der Waals surface area (Å²) >= 11 is 5.98. The van der Waals surface area contributed by atoms with Gasteiger partial charge < -0.3 is 5.32 Å². The van der Waals surface area contributed by atoms with Gasteiger partial charge in [-0.25, -0.2) is 8.42 Å². The molecule has 1 saturated heterocycles. The lowest BCUT2D eigenvalue weighted by Crippen LogP contribution is -2.48. The van der Waals surface area contributed by atoms with Crippen molar-refractivity contribution in [2.24, 2.45) is 0 Å². The number of nitrogens with zero attached hydrogens (tertiary/aromatic N) is 2. The molecule has 0 spiro atoms. The van der Waals surface area contributed by atoms with Crippen LogP contribution in [0.4, 0.5) is 5.69 Å². The minimum Gasteiger partial charge on any atom is -0.322 e. The molecule has 1 fully saturated rings. The fourth-order valence-electron chi connectivity index (χ4n) is 3.71. The number of hydrogen-bond donors (Lipinski definition) is 1. The van der Waals surface area contributed by atoms with Crippen molar-refractivity contribution in [3.05, 3.63) is 95.0 Å². The Morgan fingerprint density at radius 1 is 0.875 bits per heavy atom. The van der Waals surface area contributed by atoms with Gasteiger partial charge in [-0.1, -0.05) is 48.0 Å². The normalized spacial score (nSPS) is 15.4. The smallest absolute Gasteiger partial charge is 0.255 e. The minimum absolute atomic E-state index is 0.201. The second-order valence-corrected chi connectivity index (χ2v) is 10.0. The fourth-order valence-corrected chi connectivity index (χ4v) is 5.34. The summed E-state index contributed by atoms with van der Waals surface area (Å²) in [6.07, 6.45) is 0. The molecule has 0 radical (unpaired) electrons. The molecule has 1 N–H and O–H groups in total. The van der Waals surface area contributed by atoms with Crippen molar-refractivity contribution in [2.45, 2.75) is 11.4 Å². The van der Waals surface area contributed by atoms with E-state index in [1.54, 1.807) is 60.7 Å². The second kappa shape index (κ2) is 9.83. The van der Waals surface area contributed by atoms with Crippen LogP contribution < -0.4 is 5.32 Å². The predicted molar refractivity (Wildman–Crippen MR) is 126 cm³/mol. The maximum atomic E-state index is 12.8. The van der Waals surface area contributed by atoms with E-state index in [1.165, 1.54) is 4.31 Å². The third-order valence-electron chi connectivity index (χ3n) is 5.39. The minimum atomic E-state index is -3.46. The largest absolute Gasteiger partial charge is 0.322 e. The molecule has 1 amide bonds. The van der Waals surface area contributed by atoms with Crippen molar-refractivity contribution in [1.82, 2.24) is 9.21 Å². The number of amides is 1. The quantitative estimate of drug-likeness (QED) is 0.590. The lowest BCUT2D eigenvalue weighted by molar-refractivity contribution is 0.102. The zero-order chi connectivity index (χ0) is 22.6. The molecule has 6 nitrogen and oxygen atoms in total. The van der Waals surface area contributed by atoms with Crippen LogP contribution in [-0.4, -0.2) is 49.7 Å². The van der Waals surface area contributed by atoms with Crippen molar-refractivity contribution in [3.63, 3.8) is 0 Å². The van der Waals surface area contributed by atoms with E-state index in [9.17, 15) is 13.2 Å². The molecule has 1 heterocycles. The zero-order valence-corrected chi connectivity index (χ0v) is 19.0. The first-order valence-corrected chi connectivity index (χ1v) is 12.2. The molecule has 0 aromatic heterocycles. The Hall–Kier alpha value is -2.71. The second-order valence-electron chi connectivity index (χ2n) is 7.66. The molecule has 0 saturated carbocycles. The van der Waals surface area contributed by atoms with Gasteiger partial charge in [0.25, 0.3) is 5.91 Å². The highest BCUT2D eigenvalue weighted by molar-refractivity contribution is 7.89. The first kappa shape index (κ1) is 22.5. The molecule has 8 heteroatoms. The van der Waals surface area contributed by atoms with Crippen LogP contribution in [0, 0.1) is 0 Å². The van der Waals surface area contributed by atoms with Gasteiger partial charge in [-0.3, -0.25) is 9.69 Å². The summed E-state index contributed by atoms with van der Waals surface area (Å²) in [5.74, 6) is -0.201. The Kier molecular flexibility index (Phi) is 6.91. The average Bonchev–Trinajstić information content (AvgIpc) is 2.80. The van der Waals surface area contributed by atoms with Gasteiger partial charge >= 0.3 is 0 Å². The van der Waals surface area contributed by atoms with E-state index in [-0.39, 0.29) is 5.91 Å². The number of anilines is 1. The zero-order valence-electron chi connectivity index (χ0n) is 17.4. The molecule has 1 aliphatic heterocycles. The average molecular weight is 470 g/mol. The third kappa shape index (κ3) is 5.37. The molecule has 166 valence electrons. The number of hydrogen-bond acceptors (Lipinski definition) is 4. The van der Waals surface area contributed by atoms with Gasteiger partial charge in [0.05, 0.1) is 4.90 Å². The topological polar surface area (TPSA) is 69.7 Å². The van der Waals surface area contributed by atoms with Crippen LogP contribution in [0.2, 0.25) is 5.02 Å². The van der Waals surface area contributed by atoms with Crippen LogP contribution >= 0.6 is 11.6 Å². The summed E-state index contributed by atoms with van der Waals surface area (Å²) in [5.41, 5.74) is 2.21. The van der Waals surface area contributed by atoms with E-state index < -0.39 is 10.0 Å². The summed E-state index contributed by atoms with van der Waals surface area (Å²) in [4.78, 5) is 15.1. The van der Waals surface area contributed by atoms with E-state index in [1.807, 2.05) is 18.2 Å². The number of rotatable bonds is 6. The van der Waals surface area contributed by atoms with Crippen molar-refractivity contribution >= 4 is 33.2 Å². The summed E-state index contributed by atoms with van der Waals surface area (Å²) in [7, 11) is -3.46. The van der Waals surface area contributed by atoms with Gasteiger partial charge in [-0.15, -0.1) is 0 Å². The van der Waals surface area contributed by atoms with Gasteiger partial charge in [0, 0.05) is 49.0 Å². The third-order valence-corrected chi connectivity index (χ3v) is 7.54. The highest BCUT2D eigenvalue weighted by Gasteiger charge is 2.28. The molecule has 3 aromatic rings. The van der Waals surface area contributed by atoms with Crippen LogP contribution in [0.3, 0.4) is 0 Å². The van der Waals surface area contributed by atoms with Crippen molar-refractivity contribution in [1.29, 1.82) is 0 Å². The highest BCUT2D eigenvalue weighted by atomic mass is 35.5. The van der Waals surface area contributed by atoms with Gasteiger partial charge in [0.1, 0.15) is 0 Å². The van der Waals surface area contributed by atoms with Crippen molar-refractivity contribution < 1.29 is 13.2 Å². The lowest BCUT2D eigenvalue weighted by atomic mass is 10.1. The molecule has 4 rings (SSSR count). The Balaban J connectivity index is 1.36. The standard InChI is InChI=1S/C24H24ClN3O3S/c25-21-8-5-9-22(17-21)26-24(29)20-7-4-6-19(16-20)18-27-12-14-28(15-13-27)32(30,31)23-10-2-1-3-11-23/h1-11,16-17H,12-15,18H2,(H,26,29). The Bertz CT molecular complexity index is 1190. The van der Waals surface area contributed by atoms with E-state index in [0.717, 1.165) is 5.56 Å².